The third kappa shape index (κ3) is 5.28. The Balaban J connectivity index is 1.37. The molecule has 1 amide bonds. The van der Waals surface area contributed by atoms with E-state index in [0.717, 1.165) is 64.1 Å². The maximum Gasteiger partial charge on any atom is 0.243 e. The van der Waals surface area contributed by atoms with Gasteiger partial charge in [-0.2, -0.15) is 4.89 Å². The van der Waals surface area contributed by atoms with Gasteiger partial charge in [-0.15, -0.1) is 0 Å². The van der Waals surface area contributed by atoms with Crippen LogP contribution in [0.5, 0.6) is 0 Å². The summed E-state index contributed by atoms with van der Waals surface area (Å²) in [5, 5.41) is 2.95. The highest BCUT2D eigenvalue weighted by Crippen LogP contribution is 2.42. The predicted molar refractivity (Wildman–Crippen MR) is 111 cm³/mol. The molecule has 3 aliphatic rings. The number of amides is 1. The van der Waals surface area contributed by atoms with E-state index < -0.39 is 11.4 Å². The van der Waals surface area contributed by atoms with Crippen LogP contribution >= 0.6 is 0 Å². The first-order chi connectivity index (χ1) is 14.7. The van der Waals surface area contributed by atoms with Crippen molar-refractivity contribution >= 4 is 5.91 Å². The van der Waals surface area contributed by atoms with Gasteiger partial charge in [-0.05, 0) is 24.5 Å². The number of hydrogen-bond donors (Lipinski definition) is 1. The molecule has 1 aromatic carbocycles. The Morgan fingerprint density at radius 1 is 1.07 bits per heavy atom. The van der Waals surface area contributed by atoms with Crippen molar-refractivity contribution in [3.8, 4) is 0 Å². The average molecular weight is 417 g/mol. The Morgan fingerprint density at radius 2 is 1.83 bits per heavy atom. The van der Waals surface area contributed by atoms with Crippen LogP contribution in [0.4, 0.5) is 0 Å². The number of carbonyl (C=O) groups is 1. The molecule has 2 aliphatic heterocycles. The summed E-state index contributed by atoms with van der Waals surface area (Å²) in [6.07, 6.45) is 8.29. The van der Waals surface area contributed by atoms with Gasteiger partial charge in [0.1, 0.15) is 0 Å². The van der Waals surface area contributed by atoms with Crippen LogP contribution < -0.4 is 5.32 Å². The first kappa shape index (κ1) is 21.5. The van der Waals surface area contributed by atoms with Gasteiger partial charge >= 0.3 is 0 Å². The van der Waals surface area contributed by atoms with E-state index in [9.17, 15) is 4.79 Å². The maximum absolute atomic E-state index is 12.4. The second kappa shape index (κ2) is 10.0. The van der Waals surface area contributed by atoms with Gasteiger partial charge in [-0.3, -0.25) is 9.69 Å². The lowest BCUT2D eigenvalue weighted by Gasteiger charge is -2.45. The van der Waals surface area contributed by atoms with E-state index in [1.165, 1.54) is 12.5 Å². The summed E-state index contributed by atoms with van der Waals surface area (Å²) in [5.74, 6) is -0.801. The molecule has 1 aliphatic carbocycles. The van der Waals surface area contributed by atoms with Gasteiger partial charge in [0.15, 0.2) is 5.60 Å². The molecule has 2 heterocycles. The molecular weight excluding hydrogens is 384 g/mol. The zero-order valence-electron chi connectivity index (χ0n) is 17.5. The fraction of sp³-hybridized carbons (Fsp3) is 0.609. The van der Waals surface area contributed by atoms with Crippen molar-refractivity contribution in [2.45, 2.75) is 43.5 Å². The molecule has 2 saturated heterocycles. The highest BCUT2D eigenvalue weighted by atomic mass is 17.2. The van der Waals surface area contributed by atoms with Gasteiger partial charge < -0.3 is 14.8 Å². The molecule has 164 valence electrons. The highest BCUT2D eigenvalue weighted by molar-refractivity contribution is 5.87. The molecule has 0 aromatic heterocycles. The average Bonchev–Trinajstić information content (AvgIpc) is 2.81. The normalized spacial score (nSPS) is 27.3. The van der Waals surface area contributed by atoms with Crippen molar-refractivity contribution in [3.63, 3.8) is 0 Å². The molecular formula is C23H32N2O5. The number of ether oxygens (including phenoxy) is 2. The summed E-state index contributed by atoms with van der Waals surface area (Å²) in [6.45, 7) is 5.06. The van der Waals surface area contributed by atoms with Gasteiger partial charge in [0.05, 0.1) is 19.8 Å². The lowest BCUT2D eigenvalue weighted by molar-refractivity contribution is -0.512. The molecule has 4 rings (SSSR count). The monoisotopic (exact) mass is 416 g/mol. The second-order valence-corrected chi connectivity index (χ2v) is 8.26. The van der Waals surface area contributed by atoms with Crippen LogP contribution in [0.1, 0.15) is 37.7 Å². The molecule has 1 saturated carbocycles. The molecule has 1 unspecified atom stereocenters. The quantitative estimate of drug-likeness (QED) is 0.568. The minimum atomic E-state index is -0.939. The summed E-state index contributed by atoms with van der Waals surface area (Å²) in [4.78, 5) is 26.5. The molecule has 30 heavy (non-hydrogen) atoms. The highest BCUT2D eigenvalue weighted by Gasteiger charge is 2.47. The summed E-state index contributed by atoms with van der Waals surface area (Å²) in [6, 6.07) is 9.77. The Morgan fingerprint density at radius 3 is 2.53 bits per heavy atom. The maximum atomic E-state index is 12.4. The van der Waals surface area contributed by atoms with Gasteiger partial charge in [-0.1, -0.05) is 36.8 Å². The van der Waals surface area contributed by atoms with Crippen LogP contribution in [0, 0.1) is 0 Å². The lowest BCUT2D eigenvalue weighted by Crippen LogP contribution is -2.50. The van der Waals surface area contributed by atoms with Crippen LogP contribution in [-0.4, -0.2) is 62.6 Å². The number of nitrogens with zero attached hydrogens (tertiary/aromatic N) is 1. The zero-order chi connectivity index (χ0) is 20.7. The van der Waals surface area contributed by atoms with Crippen molar-refractivity contribution in [3.05, 3.63) is 48.0 Å². The first-order valence-electron chi connectivity index (χ1n) is 11.0. The van der Waals surface area contributed by atoms with Crippen LogP contribution in [0.2, 0.25) is 0 Å². The van der Waals surface area contributed by atoms with Gasteiger partial charge in [-0.25, -0.2) is 4.89 Å². The van der Waals surface area contributed by atoms with E-state index in [-0.39, 0.29) is 5.91 Å². The van der Waals surface area contributed by atoms with E-state index in [1.807, 2.05) is 30.3 Å². The fourth-order valence-electron chi connectivity index (χ4n) is 4.21. The van der Waals surface area contributed by atoms with E-state index in [1.54, 1.807) is 6.08 Å². The molecule has 1 atom stereocenters. The van der Waals surface area contributed by atoms with E-state index in [2.05, 4.69) is 10.2 Å². The van der Waals surface area contributed by atoms with Crippen molar-refractivity contribution in [1.29, 1.82) is 0 Å². The third-order valence-electron chi connectivity index (χ3n) is 6.10. The number of hydrogen-bond acceptors (Lipinski definition) is 6. The fourth-order valence-corrected chi connectivity index (χ4v) is 4.21. The number of benzene rings is 1. The molecule has 7 nitrogen and oxygen atoms in total. The minimum absolute atomic E-state index is 0.153. The second-order valence-electron chi connectivity index (χ2n) is 8.26. The molecule has 1 spiro atoms. The Kier molecular flexibility index (Phi) is 7.17. The number of carbonyl (C=O) groups excluding carboxylic acids is 1. The van der Waals surface area contributed by atoms with E-state index in [0.29, 0.717) is 13.2 Å². The van der Waals surface area contributed by atoms with Crippen molar-refractivity contribution in [1.82, 2.24) is 10.2 Å². The SMILES string of the molecule is O=C(/C=C/C1(c2ccccc2)COC2(CCCCC2)OO1)NCCN1CCOCC1. The standard InChI is InChI=1S/C23H32N2O5/c26-21(24-13-14-25-15-17-27-18-16-25)9-12-22(20-7-3-1-4-8-20)19-28-23(30-29-22)10-5-2-6-11-23/h1,3-4,7-9,12H,2,5-6,10-11,13-19H2,(H,24,26)/b12-9+. The van der Waals surface area contributed by atoms with Gasteiger partial charge in [0.25, 0.3) is 0 Å². The van der Waals surface area contributed by atoms with Crippen LogP contribution in [-0.2, 0) is 29.6 Å². The van der Waals surface area contributed by atoms with Crippen LogP contribution in [0.3, 0.4) is 0 Å². The van der Waals surface area contributed by atoms with E-state index >= 15 is 0 Å². The molecule has 0 bridgehead atoms. The number of nitrogens with one attached hydrogen (secondary N) is 1. The summed E-state index contributed by atoms with van der Waals surface area (Å²) >= 11 is 0. The molecule has 3 fully saturated rings. The molecule has 0 radical (unpaired) electrons. The Hall–Kier alpha value is -1.77. The van der Waals surface area contributed by atoms with Crippen LogP contribution in [0.15, 0.2) is 42.5 Å². The third-order valence-corrected chi connectivity index (χ3v) is 6.10. The van der Waals surface area contributed by atoms with Crippen LogP contribution in [0.25, 0.3) is 0 Å². The number of morpholine rings is 1. The number of rotatable bonds is 6. The molecule has 1 aromatic rings. The summed E-state index contributed by atoms with van der Waals surface area (Å²) < 4.78 is 11.6. The molecule has 1 N–H and O–H groups in total. The largest absolute Gasteiger partial charge is 0.379 e. The van der Waals surface area contributed by atoms with Crippen molar-refractivity contribution in [2.24, 2.45) is 0 Å². The topological polar surface area (TPSA) is 69.3 Å². The Bertz CT molecular complexity index is 702. The zero-order valence-corrected chi connectivity index (χ0v) is 17.5. The van der Waals surface area contributed by atoms with Gasteiger partial charge in [0.2, 0.25) is 11.7 Å². The van der Waals surface area contributed by atoms with Crippen molar-refractivity contribution in [2.75, 3.05) is 46.0 Å². The Labute approximate surface area is 178 Å². The van der Waals surface area contributed by atoms with Crippen molar-refractivity contribution < 1.29 is 24.0 Å². The predicted octanol–water partition coefficient (Wildman–Crippen LogP) is 2.53. The molecule has 7 heteroatoms. The first-order valence-corrected chi connectivity index (χ1v) is 11.0. The summed E-state index contributed by atoms with van der Waals surface area (Å²) in [7, 11) is 0. The van der Waals surface area contributed by atoms with E-state index in [4.69, 9.17) is 19.2 Å². The minimum Gasteiger partial charge on any atom is -0.379 e. The lowest BCUT2D eigenvalue weighted by atomic mass is 9.91. The van der Waals surface area contributed by atoms with Gasteiger partial charge in [0, 0.05) is 45.1 Å². The smallest absolute Gasteiger partial charge is 0.243 e. The summed E-state index contributed by atoms with van der Waals surface area (Å²) in [5.41, 5.74) is -0.0427.